The Morgan fingerprint density at radius 1 is 1.28 bits per heavy atom. The van der Waals surface area contributed by atoms with Crippen LogP contribution in [0, 0.1) is 17.7 Å². The Hall–Kier alpha value is -1.47. The third-order valence-corrected chi connectivity index (χ3v) is 7.23. The zero-order valence-electron chi connectivity index (χ0n) is 14.4. The summed E-state index contributed by atoms with van der Waals surface area (Å²) in [5, 5.41) is 2.81. The van der Waals surface area contributed by atoms with Crippen LogP contribution in [0.5, 0.6) is 0 Å². The highest BCUT2D eigenvalue weighted by molar-refractivity contribution is 7.89. The molecule has 4 rings (SSSR count). The van der Waals surface area contributed by atoms with E-state index in [0.717, 1.165) is 25.7 Å². The number of benzene rings is 1. The van der Waals surface area contributed by atoms with Gasteiger partial charge in [0.25, 0.3) is 0 Å². The molecule has 2 saturated heterocycles. The summed E-state index contributed by atoms with van der Waals surface area (Å²) in [5.41, 5.74) is 0.535. The lowest BCUT2D eigenvalue weighted by atomic mass is 9.73. The highest BCUT2D eigenvalue weighted by Gasteiger charge is 2.47. The molecule has 7 heteroatoms. The molecule has 3 atom stereocenters. The first-order chi connectivity index (χ1) is 11.9. The molecule has 3 aliphatic rings. The lowest BCUT2D eigenvalue weighted by Gasteiger charge is -2.48. The number of halogens is 1. The van der Waals surface area contributed by atoms with Gasteiger partial charge in [-0.1, -0.05) is 13.3 Å². The molecule has 0 aromatic heterocycles. The number of fused-ring (bicyclic) bond motifs is 3. The lowest BCUT2D eigenvalue weighted by Crippen LogP contribution is -2.58. The van der Waals surface area contributed by atoms with Crippen molar-refractivity contribution in [3.05, 3.63) is 30.1 Å². The summed E-state index contributed by atoms with van der Waals surface area (Å²) < 4.78 is 39.9. The van der Waals surface area contributed by atoms with E-state index >= 15 is 0 Å². The van der Waals surface area contributed by atoms with Crippen LogP contribution in [0.2, 0.25) is 0 Å². The zero-order valence-corrected chi connectivity index (χ0v) is 15.3. The molecule has 2 aliphatic heterocycles. The largest absolute Gasteiger partial charge is 0.326 e. The number of carbonyl (C=O) groups excluding carboxylic acids is 1. The number of anilines is 1. The molecular formula is C18H25FN2O3S. The minimum Gasteiger partial charge on any atom is -0.326 e. The maximum absolute atomic E-state index is 13.0. The van der Waals surface area contributed by atoms with Crippen LogP contribution < -0.4 is 5.32 Å². The summed E-state index contributed by atoms with van der Waals surface area (Å²) in [5.74, 6) is -0.474. The van der Waals surface area contributed by atoms with Gasteiger partial charge >= 0.3 is 0 Å². The first-order valence-electron chi connectivity index (χ1n) is 8.96. The molecule has 138 valence electrons. The number of hydrogen-bond acceptors (Lipinski definition) is 3. The van der Waals surface area contributed by atoms with Gasteiger partial charge in [-0.05, 0) is 55.9 Å². The molecule has 2 heterocycles. The van der Waals surface area contributed by atoms with Gasteiger partial charge in [0.1, 0.15) is 5.82 Å². The average Bonchev–Trinajstić information content (AvgIpc) is 2.62. The Bertz CT molecular complexity index is 720. The quantitative estimate of drug-likeness (QED) is 0.839. The van der Waals surface area contributed by atoms with Crippen molar-refractivity contribution in [2.45, 2.75) is 45.1 Å². The van der Waals surface area contributed by atoms with E-state index in [1.165, 1.54) is 24.3 Å². The summed E-state index contributed by atoms with van der Waals surface area (Å²) in [6.45, 7) is 2.51. The summed E-state index contributed by atoms with van der Waals surface area (Å²) >= 11 is 0. The van der Waals surface area contributed by atoms with Crippen LogP contribution in [0.15, 0.2) is 24.3 Å². The molecule has 0 unspecified atom stereocenters. The first kappa shape index (κ1) is 18.3. The minimum absolute atomic E-state index is 0.152. The van der Waals surface area contributed by atoms with Crippen molar-refractivity contribution in [2.24, 2.45) is 11.8 Å². The van der Waals surface area contributed by atoms with E-state index in [2.05, 4.69) is 5.32 Å². The van der Waals surface area contributed by atoms with Gasteiger partial charge in [0.15, 0.2) is 0 Å². The van der Waals surface area contributed by atoms with Crippen LogP contribution >= 0.6 is 0 Å². The van der Waals surface area contributed by atoms with Crippen LogP contribution in [-0.4, -0.2) is 37.0 Å². The smallest absolute Gasteiger partial charge is 0.229 e. The number of piperidine rings is 2. The Morgan fingerprint density at radius 2 is 2.00 bits per heavy atom. The first-order valence-corrected chi connectivity index (χ1v) is 10.6. The lowest BCUT2D eigenvalue weighted by molar-refractivity contribution is -0.125. The molecule has 5 nitrogen and oxygen atoms in total. The van der Waals surface area contributed by atoms with Crippen molar-refractivity contribution in [2.75, 3.05) is 17.6 Å². The van der Waals surface area contributed by atoms with Gasteiger partial charge in [0, 0.05) is 18.3 Å². The predicted molar refractivity (Wildman–Crippen MR) is 95.0 cm³/mol. The van der Waals surface area contributed by atoms with Crippen LogP contribution in [-0.2, 0) is 14.8 Å². The third kappa shape index (κ3) is 4.03. The maximum Gasteiger partial charge on any atom is 0.229 e. The SMILES string of the molecule is CCCCS(=O)(=O)N1C[C@H]2CC[C@@H]1[C@H](C(=O)Nc1ccc(F)cc1)C2. The highest BCUT2D eigenvalue weighted by Crippen LogP contribution is 2.41. The van der Waals surface area contributed by atoms with E-state index in [0.29, 0.717) is 18.7 Å². The Kier molecular flexibility index (Phi) is 5.43. The molecule has 3 fully saturated rings. The number of sulfonamides is 1. The fraction of sp³-hybridized carbons (Fsp3) is 0.611. The van der Waals surface area contributed by atoms with Gasteiger partial charge in [-0.15, -0.1) is 0 Å². The molecular weight excluding hydrogens is 343 g/mol. The van der Waals surface area contributed by atoms with Crippen LogP contribution in [0.25, 0.3) is 0 Å². The number of unbranched alkanes of at least 4 members (excludes halogenated alkanes) is 1. The molecule has 1 aromatic rings. The molecule has 25 heavy (non-hydrogen) atoms. The van der Waals surface area contributed by atoms with Crippen molar-refractivity contribution < 1.29 is 17.6 Å². The molecule has 1 saturated carbocycles. The van der Waals surface area contributed by atoms with Crippen molar-refractivity contribution in [3.8, 4) is 0 Å². The van der Waals surface area contributed by atoms with E-state index < -0.39 is 10.0 Å². The zero-order chi connectivity index (χ0) is 18.0. The Balaban J connectivity index is 1.73. The standard InChI is InChI=1S/C18H25FN2O3S/c1-2-3-10-25(23,24)21-12-13-4-9-17(21)16(11-13)18(22)20-15-7-5-14(19)6-8-15/h5-8,13,16-17H,2-4,9-12H2,1H3,(H,20,22)/t13-,16+,17+/m0/s1. The maximum atomic E-state index is 13.0. The number of hydrogen-bond donors (Lipinski definition) is 1. The summed E-state index contributed by atoms with van der Waals surface area (Å²) in [7, 11) is -3.32. The molecule has 1 aliphatic carbocycles. The molecule has 2 bridgehead atoms. The molecule has 1 amide bonds. The van der Waals surface area contributed by atoms with Gasteiger partial charge < -0.3 is 5.32 Å². The van der Waals surface area contributed by atoms with Crippen molar-refractivity contribution in [1.29, 1.82) is 0 Å². The monoisotopic (exact) mass is 368 g/mol. The van der Waals surface area contributed by atoms with E-state index in [-0.39, 0.29) is 35.4 Å². The molecule has 1 N–H and O–H groups in total. The van der Waals surface area contributed by atoms with Gasteiger partial charge in [0.05, 0.1) is 11.7 Å². The average molecular weight is 368 g/mol. The van der Waals surface area contributed by atoms with E-state index in [9.17, 15) is 17.6 Å². The van der Waals surface area contributed by atoms with Gasteiger partial charge in [-0.2, -0.15) is 4.31 Å². The van der Waals surface area contributed by atoms with Crippen molar-refractivity contribution in [1.82, 2.24) is 4.31 Å². The van der Waals surface area contributed by atoms with Crippen molar-refractivity contribution >= 4 is 21.6 Å². The predicted octanol–water partition coefficient (Wildman–Crippen LogP) is 2.99. The minimum atomic E-state index is -3.32. The van der Waals surface area contributed by atoms with Gasteiger partial charge in [-0.3, -0.25) is 4.79 Å². The molecule has 0 radical (unpaired) electrons. The van der Waals surface area contributed by atoms with E-state index in [1.807, 2.05) is 6.92 Å². The fourth-order valence-electron chi connectivity index (χ4n) is 3.96. The van der Waals surface area contributed by atoms with Crippen LogP contribution in [0.1, 0.15) is 39.0 Å². The number of carbonyl (C=O) groups is 1. The molecule has 0 spiro atoms. The summed E-state index contributed by atoms with van der Waals surface area (Å²) in [6.07, 6.45) is 3.90. The highest BCUT2D eigenvalue weighted by atomic mass is 32.2. The Morgan fingerprint density at radius 3 is 2.64 bits per heavy atom. The Labute approximate surface area is 148 Å². The second-order valence-corrected chi connectivity index (χ2v) is 9.13. The van der Waals surface area contributed by atoms with E-state index in [1.54, 1.807) is 4.31 Å². The summed E-state index contributed by atoms with van der Waals surface area (Å²) in [4.78, 5) is 12.7. The number of rotatable bonds is 6. The fourth-order valence-corrected chi connectivity index (χ4v) is 5.95. The van der Waals surface area contributed by atoms with Gasteiger partial charge in [-0.25, -0.2) is 12.8 Å². The second kappa shape index (κ2) is 7.41. The molecule has 1 aromatic carbocycles. The normalized spacial score (nSPS) is 26.6. The second-order valence-electron chi connectivity index (χ2n) is 7.09. The third-order valence-electron chi connectivity index (χ3n) is 5.29. The number of nitrogens with one attached hydrogen (secondary N) is 1. The van der Waals surface area contributed by atoms with Crippen molar-refractivity contribution in [3.63, 3.8) is 0 Å². The van der Waals surface area contributed by atoms with Gasteiger partial charge in [0.2, 0.25) is 15.9 Å². The number of amides is 1. The summed E-state index contributed by atoms with van der Waals surface area (Å²) in [6, 6.07) is 5.37. The van der Waals surface area contributed by atoms with Crippen LogP contribution in [0.3, 0.4) is 0 Å². The topological polar surface area (TPSA) is 66.5 Å². The van der Waals surface area contributed by atoms with Crippen LogP contribution in [0.4, 0.5) is 10.1 Å². The van der Waals surface area contributed by atoms with E-state index in [4.69, 9.17) is 0 Å². The number of nitrogens with zero attached hydrogens (tertiary/aromatic N) is 1.